The van der Waals surface area contributed by atoms with Crippen LogP contribution in [0.4, 0.5) is 4.79 Å². The van der Waals surface area contributed by atoms with E-state index in [0.29, 0.717) is 0 Å². The molecule has 0 rings (SSSR count). The van der Waals surface area contributed by atoms with Gasteiger partial charge in [-0.3, -0.25) is 9.59 Å². The van der Waals surface area contributed by atoms with Crippen LogP contribution in [0, 0.1) is 0 Å². The lowest BCUT2D eigenvalue weighted by Crippen LogP contribution is -2.42. The van der Waals surface area contributed by atoms with E-state index in [9.17, 15) is 14.4 Å². The van der Waals surface area contributed by atoms with E-state index >= 15 is 0 Å². The molecule has 0 fully saturated rings. The first-order valence-electron chi connectivity index (χ1n) is 5.12. The van der Waals surface area contributed by atoms with Crippen LogP contribution >= 0.6 is 12.6 Å². The molecule has 0 aliphatic carbocycles. The van der Waals surface area contributed by atoms with Crippen molar-refractivity contribution in [3.05, 3.63) is 0 Å². The second-order valence-corrected chi connectivity index (χ2v) is 4.98. The Balaban J connectivity index is 4.30. The van der Waals surface area contributed by atoms with E-state index in [0.717, 1.165) is 0 Å². The molecule has 1 atom stereocenters. The van der Waals surface area contributed by atoms with Gasteiger partial charge in [-0.1, -0.05) is 0 Å². The Hall–Kier alpha value is -1.24. The van der Waals surface area contributed by atoms with Gasteiger partial charge in [0.2, 0.25) is 11.0 Å². The molecule has 0 aromatic carbocycles. The molecule has 2 amide bonds. The number of rotatable bonds is 5. The first-order chi connectivity index (χ1) is 7.61. The average Bonchev–Trinajstić information content (AvgIpc) is 2.08. The van der Waals surface area contributed by atoms with Crippen LogP contribution in [0.15, 0.2) is 0 Å². The summed E-state index contributed by atoms with van der Waals surface area (Å²) in [5.41, 5.74) is 4.30. The number of thiol groups is 1. The van der Waals surface area contributed by atoms with Crippen molar-refractivity contribution in [3.8, 4) is 0 Å². The Morgan fingerprint density at radius 1 is 1.35 bits per heavy atom. The van der Waals surface area contributed by atoms with Gasteiger partial charge in [0.15, 0.2) is 0 Å². The largest absolute Gasteiger partial charge is 0.444 e. The summed E-state index contributed by atoms with van der Waals surface area (Å²) in [5.74, 6) is -0.546. The first kappa shape index (κ1) is 15.8. The number of nitrogens with two attached hydrogens (primary N) is 1. The SMILES string of the molecule is CC(C)(C)OC(=O)N[C@@H](CCC(N)=O)C(=O)S. The van der Waals surface area contributed by atoms with Crippen LogP contribution in [0.25, 0.3) is 0 Å². The van der Waals surface area contributed by atoms with E-state index in [4.69, 9.17) is 10.5 Å². The van der Waals surface area contributed by atoms with Crippen LogP contribution in [0.3, 0.4) is 0 Å². The van der Waals surface area contributed by atoms with Gasteiger partial charge in [0.05, 0.1) is 0 Å². The third-order valence-electron chi connectivity index (χ3n) is 1.67. The molecule has 0 heterocycles. The van der Waals surface area contributed by atoms with Gasteiger partial charge in [-0.25, -0.2) is 4.79 Å². The first-order valence-corrected chi connectivity index (χ1v) is 5.57. The van der Waals surface area contributed by atoms with Gasteiger partial charge < -0.3 is 15.8 Å². The predicted octanol–water partition coefficient (Wildman–Crippen LogP) is 0.602. The highest BCUT2D eigenvalue weighted by Gasteiger charge is 2.22. The number of amides is 2. The molecule has 6 nitrogen and oxygen atoms in total. The number of carbonyl (C=O) groups excluding carboxylic acids is 3. The van der Waals surface area contributed by atoms with Crippen LogP contribution in [-0.4, -0.2) is 28.8 Å². The second kappa shape index (κ2) is 6.48. The minimum atomic E-state index is -0.874. The van der Waals surface area contributed by atoms with Gasteiger partial charge >= 0.3 is 6.09 Å². The maximum Gasteiger partial charge on any atom is 0.408 e. The topological polar surface area (TPSA) is 98.5 Å². The molecule has 0 bridgehead atoms. The Bertz CT molecular complexity index is 312. The highest BCUT2D eigenvalue weighted by atomic mass is 32.1. The van der Waals surface area contributed by atoms with Crippen molar-refractivity contribution >= 4 is 29.7 Å². The zero-order valence-electron chi connectivity index (χ0n) is 10.1. The Labute approximate surface area is 106 Å². The molecule has 0 saturated carbocycles. The van der Waals surface area contributed by atoms with Gasteiger partial charge in [0.25, 0.3) is 0 Å². The summed E-state index contributed by atoms with van der Waals surface area (Å²) in [6.45, 7) is 5.11. The fourth-order valence-corrected chi connectivity index (χ4v) is 1.19. The van der Waals surface area contributed by atoms with Crippen LogP contribution in [0.5, 0.6) is 0 Å². The number of primary amides is 1. The predicted molar refractivity (Wildman–Crippen MR) is 65.6 cm³/mol. The summed E-state index contributed by atoms with van der Waals surface area (Å²) in [7, 11) is 0. The summed E-state index contributed by atoms with van der Waals surface area (Å²) in [6.07, 6.45) is -0.627. The van der Waals surface area contributed by atoms with Crippen molar-refractivity contribution in [2.45, 2.75) is 45.3 Å². The van der Waals surface area contributed by atoms with Gasteiger partial charge in [0, 0.05) is 6.42 Å². The highest BCUT2D eigenvalue weighted by molar-refractivity contribution is 7.96. The molecule has 17 heavy (non-hydrogen) atoms. The van der Waals surface area contributed by atoms with E-state index in [2.05, 4.69) is 17.9 Å². The van der Waals surface area contributed by atoms with Crippen molar-refractivity contribution in [2.75, 3.05) is 0 Å². The molecule has 0 spiro atoms. The molecule has 0 unspecified atom stereocenters. The maximum absolute atomic E-state index is 11.4. The van der Waals surface area contributed by atoms with Gasteiger partial charge in [-0.15, -0.1) is 12.6 Å². The lowest BCUT2D eigenvalue weighted by atomic mass is 10.1. The number of hydrogen-bond acceptors (Lipinski definition) is 4. The molecule has 0 aliphatic rings. The molecule has 98 valence electrons. The molecule has 0 aliphatic heterocycles. The van der Waals surface area contributed by atoms with Crippen molar-refractivity contribution in [2.24, 2.45) is 5.73 Å². The summed E-state index contributed by atoms with van der Waals surface area (Å²) in [6, 6.07) is -0.874. The van der Waals surface area contributed by atoms with Crippen molar-refractivity contribution in [1.82, 2.24) is 5.32 Å². The van der Waals surface area contributed by atoms with E-state index in [1.165, 1.54) is 0 Å². The fraction of sp³-hybridized carbons (Fsp3) is 0.700. The monoisotopic (exact) mass is 262 g/mol. The highest BCUT2D eigenvalue weighted by Crippen LogP contribution is 2.08. The number of carbonyl (C=O) groups is 3. The minimum Gasteiger partial charge on any atom is -0.444 e. The lowest BCUT2D eigenvalue weighted by Gasteiger charge is -2.22. The van der Waals surface area contributed by atoms with Crippen LogP contribution in [-0.2, 0) is 14.3 Å². The molecule has 0 radical (unpaired) electrons. The third kappa shape index (κ3) is 8.56. The van der Waals surface area contributed by atoms with Crippen molar-refractivity contribution < 1.29 is 19.1 Å². The maximum atomic E-state index is 11.4. The van der Waals surface area contributed by atoms with Crippen molar-refractivity contribution in [3.63, 3.8) is 0 Å². The number of alkyl carbamates (subject to hydrolysis) is 1. The van der Waals surface area contributed by atoms with E-state index < -0.39 is 28.8 Å². The second-order valence-electron chi connectivity index (χ2n) is 4.54. The Morgan fingerprint density at radius 3 is 2.24 bits per heavy atom. The van der Waals surface area contributed by atoms with E-state index in [-0.39, 0.29) is 12.8 Å². The molecule has 3 N–H and O–H groups in total. The lowest BCUT2D eigenvalue weighted by molar-refractivity contribution is -0.118. The van der Waals surface area contributed by atoms with Gasteiger partial charge in [-0.2, -0.15) is 0 Å². The van der Waals surface area contributed by atoms with Crippen LogP contribution in [0.2, 0.25) is 0 Å². The summed E-state index contributed by atoms with van der Waals surface area (Å²) in [4.78, 5) is 33.1. The molecule has 7 heteroatoms. The van der Waals surface area contributed by atoms with Crippen LogP contribution in [0.1, 0.15) is 33.6 Å². The molecular formula is C10H18N2O4S. The molecule has 0 aromatic rings. The van der Waals surface area contributed by atoms with Crippen molar-refractivity contribution in [1.29, 1.82) is 0 Å². The zero-order valence-corrected chi connectivity index (χ0v) is 11.0. The number of hydrogen-bond donors (Lipinski definition) is 3. The number of ether oxygens (including phenoxy) is 1. The van der Waals surface area contributed by atoms with E-state index in [1.54, 1.807) is 20.8 Å². The van der Waals surface area contributed by atoms with E-state index in [1.807, 2.05) is 0 Å². The fourth-order valence-electron chi connectivity index (χ4n) is 0.994. The standard InChI is InChI=1S/C10H18N2O4S/c1-10(2,3)16-9(15)12-6(8(14)17)4-5-7(11)13/h6H,4-5H2,1-3H3,(H2,11,13)(H,12,15)(H,14,17)/t6-/m0/s1. The number of nitrogens with one attached hydrogen (secondary N) is 1. The van der Waals surface area contributed by atoms with Gasteiger partial charge in [-0.05, 0) is 27.2 Å². The molecule has 0 saturated heterocycles. The van der Waals surface area contributed by atoms with Crippen LogP contribution < -0.4 is 11.1 Å². The average molecular weight is 262 g/mol. The molecular weight excluding hydrogens is 244 g/mol. The summed E-state index contributed by atoms with van der Waals surface area (Å²) < 4.78 is 4.97. The quantitative estimate of drug-likeness (QED) is 0.632. The zero-order chi connectivity index (χ0) is 13.6. The third-order valence-corrected chi connectivity index (χ3v) is 1.98. The smallest absolute Gasteiger partial charge is 0.408 e. The normalized spacial score (nSPS) is 12.7. The summed E-state index contributed by atoms with van der Waals surface area (Å²) >= 11 is 3.62. The minimum absolute atomic E-state index is 0.00718. The summed E-state index contributed by atoms with van der Waals surface area (Å²) in [5, 5.41) is 1.79. The Morgan fingerprint density at radius 2 is 1.88 bits per heavy atom. The van der Waals surface area contributed by atoms with Gasteiger partial charge in [0.1, 0.15) is 11.6 Å². The Kier molecular flexibility index (Phi) is 6.01. The molecule has 0 aromatic heterocycles.